The maximum Gasteiger partial charge on any atom is 0.159 e. The molecule has 2 nitrogen and oxygen atoms in total. The van der Waals surface area contributed by atoms with E-state index in [1.807, 2.05) is 19.4 Å². The van der Waals surface area contributed by atoms with Gasteiger partial charge in [-0.25, -0.2) is 9.97 Å². The van der Waals surface area contributed by atoms with E-state index in [0.29, 0.717) is 0 Å². The van der Waals surface area contributed by atoms with Crippen molar-refractivity contribution in [3.05, 3.63) is 30.6 Å². The van der Waals surface area contributed by atoms with Crippen molar-refractivity contribution in [3.63, 3.8) is 0 Å². The Hall–Kier alpha value is -0.260. The van der Waals surface area contributed by atoms with Gasteiger partial charge in [0.2, 0.25) is 0 Å². The standard InChI is InChI=1S/C5H6BrNS.C5H7NS/c1-3-4(2)8-5(6)7-3;1-4-5(2)7-3-6-4/h1-2H3;3H,1-2H3. The molecule has 0 N–H and O–H groups in total. The van der Waals surface area contributed by atoms with E-state index < -0.39 is 0 Å². The van der Waals surface area contributed by atoms with Crippen molar-refractivity contribution >= 4 is 38.6 Å². The molecule has 0 unspecified atom stereocenters. The van der Waals surface area contributed by atoms with Crippen LogP contribution in [0.3, 0.4) is 0 Å². The second-order valence-corrected chi connectivity index (χ2v) is 6.64. The highest BCUT2D eigenvalue weighted by Gasteiger charge is 1.97. The van der Waals surface area contributed by atoms with Crippen LogP contribution in [0.25, 0.3) is 0 Å². The lowest BCUT2D eigenvalue weighted by Crippen LogP contribution is -1.69. The normalized spacial score (nSPS) is 9.67. The van der Waals surface area contributed by atoms with Gasteiger partial charge in [0.05, 0.1) is 16.9 Å². The number of hydrogen-bond acceptors (Lipinski definition) is 4. The Morgan fingerprint density at radius 1 is 1.07 bits per heavy atom. The lowest BCUT2D eigenvalue weighted by atomic mass is 10.4. The zero-order valence-corrected chi connectivity index (χ0v) is 12.4. The molecule has 0 saturated carbocycles. The summed E-state index contributed by atoms with van der Waals surface area (Å²) < 4.78 is 0.979. The largest absolute Gasteiger partial charge is 0.250 e. The van der Waals surface area contributed by atoms with Crippen molar-refractivity contribution < 1.29 is 0 Å². The highest BCUT2D eigenvalue weighted by Crippen LogP contribution is 2.20. The minimum Gasteiger partial charge on any atom is -0.250 e. The van der Waals surface area contributed by atoms with E-state index in [1.54, 1.807) is 22.7 Å². The summed E-state index contributed by atoms with van der Waals surface area (Å²) in [5.74, 6) is 0. The van der Waals surface area contributed by atoms with E-state index in [0.717, 1.165) is 15.3 Å². The average molecular weight is 305 g/mol. The molecule has 15 heavy (non-hydrogen) atoms. The lowest BCUT2D eigenvalue weighted by Gasteiger charge is -1.77. The second-order valence-electron chi connectivity index (χ2n) is 3.10. The zero-order valence-electron chi connectivity index (χ0n) is 9.17. The molecule has 2 aromatic heterocycles. The van der Waals surface area contributed by atoms with E-state index in [9.17, 15) is 0 Å². The molecule has 0 aliphatic heterocycles. The molecule has 0 aliphatic carbocycles. The van der Waals surface area contributed by atoms with Gasteiger partial charge in [-0.3, -0.25) is 0 Å². The number of rotatable bonds is 0. The summed E-state index contributed by atoms with van der Waals surface area (Å²) in [5, 5.41) is 0. The molecule has 0 aliphatic rings. The van der Waals surface area contributed by atoms with Gasteiger partial charge in [0.25, 0.3) is 0 Å². The Morgan fingerprint density at radius 3 is 1.87 bits per heavy atom. The SMILES string of the molecule is Cc1nc(Br)sc1C.Cc1ncsc1C. The van der Waals surface area contributed by atoms with Crippen LogP contribution in [0.5, 0.6) is 0 Å². The Bertz CT molecular complexity index is 398. The fourth-order valence-corrected chi connectivity index (χ4v) is 3.01. The van der Waals surface area contributed by atoms with Crippen molar-refractivity contribution in [1.82, 2.24) is 9.97 Å². The molecule has 82 valence electrons. The molecule has 0 aromatic carbocycles. The lowest BCUT2D eigenvalue weighted by molar-refractivity contribution is 1.21. The van der Waals surface area contributed by atoms with Gasteiger partial charge < -0.3 is 0 Å². The third-order valence-electron chi connectivity index (χ3n) is 1.99. The fraction of sp³-hybridized carbons (Fsp3) is 0.400. The second kappa shape index (κ2) is 5.72. The van der Waals surface area contributed by atoms with E-state index in [2.05, 4.69) is 39.7 Å². The molecule has 2 aromatic rings. The smallest absolute Gasteiger partial charge is 0.159 e. The molecular formula is C10H13BrN2S2. The van der Waals surface area contributed by atoms with Crippen LogP contribution in [0.15, 0.2) is 9.43 Å². The molecule has 0 amide bonds. The summed E-state index contributed by atoms with van der Waals surface area (Å²) >= 11 is 6.66. The third-order valence-corrected chi connectivity index (χ3v) is 4.37. The van der Waals surface area contributed by atoms with E-state index in [4.69, 9.17) is 0 Å². The summed E-state index contributed by atoms with van der Waals surface area (Å²) in [6.45, 7) is 8.17. The monoisotopic (exact) mass is 304 g/mol. The number of aryl methyl sites for hydroxylation is 4. The molecule has 0 fully saturated rings. The van der Waals surface area contributed by atoms with Crippen molar-refractivity contribution in [2.75, 3.05) is 0 Å². The molecule has 2 heterocycles. The van der Waals surface area contributed by atoms with E-state index >= 15 is 0 Å². The Morgan fingerprint density at radius 2 is 1.73 bits per heavy atom. The third kappa shape index (κ3) is 4.01. The Kier molecular flexibility index (Phi) is 4.89. The van der Waals surface area contributed by atoms with Gasteiger partial charge in [0.1, 0.15) is 0 Å². The van der Waals surface area contributed by atoms with Crippen LogP contribution < -0.4 is 0 Å². The van der Waals surface area contributed by atoms with Crippen molar-refractivity contribution in [1.29, 1.82) is 0 Å². The van der Waals surface area contributed by atoms with Gasteiger partial charge in [-0.1, -0.05) is 0 Å². The molecule has 0 spiro atoms. The molecule has 0 bridgehead atoms. The van der Waals surface area contributed by atoms with Crippen molar-refractivity contribution in [3.8, 4) is 0 Å². The molecule has 2 rings (SSSR count). The highest BCUT2D eigenvalue weighted by molar-refractivity contribution is 9.11. The average Bonchev–Trinajstić information content (AvgIpc) is 2.63. The number of halogens is 1. The summed E-state index contributed by atoms with van der Waals surface area (Å²) in [6.07, 6.45) is 0. The summed E-state index contributed by atoms with van der Waals surface area (Å²) in [5.41, 5.74) is 4.15. The molecular weight excluding hydrogens is 292 g/mol. The van der Waals surface area contributed by atoms with Crippen LogP contribution in [0.2, 0.25) is 0 Å². The van der Waals surface area contributed by atoms with Crippen molar-refractivity contribution in [2.45, 2.75) is 27.7 Å². The van der Waals surface area contributed by atoms with Crippen LogP contribution in [0.4, 0.5) is 0 Å². The van der Waals surface area contributed by atoms with Gasteiger partial charge in [-0.2, -0.15) is 0 Å². The van der Waals surface area contributed by atoms with Crippen LogP contribution in [0, 0.1) is 27.7 Å². The van der Waals surface area contributed by atoms with E-state index in [1.165, 1.54) is 9.75 Å². The minimum absolute atomic E-state index is 0.979. The first-order valence-corrected chi connectivity index (χ1v) is 6.96. The molecule has 0 atom stereocenters. The maximum atomic E-state index is 4.15. The van der Waals surface area contributed by atoms with Crippen molar-refractivity contribution in [2.24, 2.45) is 0 Å². The number of nitrogens with zero attached hydrogens (tertiary/aromatic N) is 2. The predicted octanol–water partition coefficient (Wildman–Crippen LogP) is 4.28. The number of hydrogen-bond donors (Lipinski definition) is 0. The van der Waals surface area contributed by atoms with Gasteiger partial charge in [0.15, 0.2) is 3.92 Å². The van der Waals surface area contributed by atoms with Gasteiger partial charge in [-0.05, 0) is 43.6 Å². The number of thiazole rings is 2. The van der Waals surface area contributed by atoms with Crippen LogP contribution in [-0.2, 0) is 0 Å². The fourth-order valence-electron chi connectivity index (χ4n) is 0.794. The summed E-state index contributed by atoms with van der Waals surface area (Å²) in [7, 11) is 0. The van der Waals surface area contributed by atoms with E-state index in [-0.39, 0.29) is 0 Å². The Labute approximate surface area is 107 Å². The van der Waals surface area contributed by atoms with Gasteiger partial charge >= 0.3 is 0 Å². The van der Waals surface area contributed by atoms with Crippen LogP contribution in [0.1, 0.15) is 21.1 Å². The molecule has 0 saturated heterocycles. The van der Waals surface area contributed by atoms with Crippen LogP contribution in [-0.4, -0.2) is 9.97 Å². The zero-order chi connectivity index (χ0) is 11.4. The quantitative estimate of drug-likeness (QED) is 0.726. The highest BCUT2D eigenvalue weighted by atomic mass is 79.9. The van der Waals surface area contributed by atoms with Gasteiger partial charge in [-0.15, -0.1) is 22.7 Å². The minimum atomic E-state index is 0.979. The first-order chi connectivity index (χ1) is 7.00. The van der Waals surface area contributed by atoms with Crippen LogP contribution >= 0.6 is 38.6 Å². The topological polar surface area (TPSA) is 25.8 Å². The first kappa shape index (κ1) is 12.8. The first-order valence-electron chi connectivity index (χ1n) is 4.47. The summed E-state index contributed by atoms with van der Waals surface area (Å²) in [6, 6.07) is 0. The number of aromatic nitrogens is 2. The van der Waals surface area contributed by atoms with Gasteiger partial charge in [0, 0.05) is 9.75 Å². The molecule has 5 heteroatoms. The summed E-state index contributed by atoms with van der Waals surface area (Å²) in [4.78, 5) is 10.8. The Balaban J connectivity index is 0.000000151. The molecule has 0 radical (unpaired) electrons. The maximum absolute atomic E-state index is 4.15. The predicted molar refractivity (Wildman–Crippen MR) is 70.9 cm³/mol.